The van der Waals surface area contributed by atoms with E-state index < -0.39 is 20.0 Å². The summed E-state index contributed by atoms with van der Waals surface area (Å²) in [7, 11) is -2.16. The van der Waals surface area contributed by atoms with Gasteiger partial charge in [-0.15, -0.1) is 0 Å². The normalized spacial score (nSPS) is 13.7. The van der Waals surface area contributed by atoms with Crippen molar-refractivity contribution in [1.82, 2.24) is 0 Å². The molecule has 0 spiro atoms. The van der Waals surface area contributed by atoms with E-state index in [9.17, 15) is 9.59 Å². The fraction of sp³-hybridized carbons (Fsp3) is 0.636. The van der Waals surface area contributed by atoms with Crippen LogP contribution in [0.25, 0.3) is 0 Å². The van der Waals surface area contributed by atoms with Crippen LogP contribution in [-0.2, 0) is 30.1 Å². The maximum Gasteiger partial charge on any atom is 0.308 e. The molecule has 0 aliphatic heterocycles. The molecule has 1 aromatic rings. The highest BCUT2D eigenvalue weighted by molar-refractivity contribution is 6.74. The minimum atomic E-state index is -2.16. The molecule has 1 aromatic carbocycles. The zero-order valence-electron chi connectivity index (χ0n) is 18.6. The van der Waals surface area contributed by atoms with Crippen LogP contribution in [-0.4, -0.2) is 32.0 Å². The molecular weight excluding hydrogens is 372 g/mol. The minimum absolute atomic E-state index is 0.0264. The molecule has 6 heteroatoms. The van der Waals surface area contributed by atoms with Crippen LogP contribution in [0, 0.1) is 0 Å². The van der Waals surface area contributed by atoms with E-state index in [2.05, 4.69) is 33.9 Å². The summed E-state index contributed by atoms with van der Waals surface area (Å²) in [6.07, 6.45) is -0.498. The Bertz CT molecular complexity index is 641. The van der Waals surface area contributed by atoms with Gasteiger partial charge in [0.05, 0.1) is 18.9 Å². The third-order valence-corrected chi connectivity index (χ3v) is 9.25. The molecule has 28 heavy (non-hydrogen) atoms. The smallest absolute Gasteiger partial charge is 0.308 e. The lowest BCUT2D eigenvalue weighted by atomic mass is 10.1. The Kier molecular flexibility index (Phi) is 8.44. The van der Waals surface area contributed by atoms with Crippen LogP contribution in [0.1, 0.15) is 59.9 Å². The molecule has 0 bridgehead atoms. The first-order valence-electron chi connectivity index (χ1n) is 9.79. The van der Waals surface area contributed by atoms with E-state index in [0.29, 0.717) is 0 Å². The molecular formula is C22H36O5Si. The van der Waals surface area contributed by atoms with Crippen molar-refractivity contribution in [3.63, 3.8) is 0 Å². The predicted octanol–water partition coefficient (Wildman–Crippen LogP) is 5.24. The van der Waals surface area contributed by atoms with E-state index in [4.69, 9.17) is 13.9 Å². The average Bonchev–Trinajstić information content (AvgIpc) is 2.50. The molecule has 0 saturated heterocycles. The highest BCUT2D eigenvalue weighted by Gasteiger charge is 2.40. The van der Waals surface area contributed by atoms with Gasteiger partial charge in [0.15, 0.2) is 8.32 Å². The zero-order valence-corrected chi connectivity index (χ0v) is 19.6. The molecule has 0 heterocycles. The zero-order chi connectivity index (χ0) is 21.6. The predicted molar refractivity (Wildman–Crippen MR) is 113 cm³/mol. The Morgan fingerprint density at radius 3 is 1.96 bits per heavy atom. The maximum absolute atomic E-state index is 12.4. The first-order valence-corrected chi connectivity index (χ1v) is 12.7. The fourth-order valence-electron chi connectivity index (χ4n) is 2.30. The van der Waals surface area contributed by atoms with Crippen LogP contribution >= 0.6 is 0 Å². The number of hydrogen-bond acceptors (Lipinski definition) is 5. The van der Waals surface area contributed by atoms with Crippen LogP contribution in [0.2, 0.25) is 18.1 Å². The molecule has 0 aliphatic carbocycles. The molecule has 0 radical (unpaired) electrons. The van der Waals surface area contributed by atoms with Gasteiger partial charge in [0.1, 0.15) is 12.2 Å². The molecule has 1 atom stereocenters. The number of carbonyl (C=O) groups excluding carboxylic acids is 2. The summed E-state index contributed by atoms with van der Waals surface area (Å²) >= 11 is 0. The number of rotatable bonds is 8. The molecule has 0 amide bonds. The van der Waals surface area contributed by atoms with Crippen LogP contribution in [0.4, 0.5) is 0 Å². The Hall–Kier alpha value is -1.66. The molecule has 5 nitrogen and oxygen atoms in total. The van der Waals surface area contributed by atoms with E-state index in [1.165, 1.54) is 0 Å². The van der Waals surface area contributed by atoms with Gasteiger partial charge in [0.25, 0.3) is 0 Å². The van der Waals surface area contributed by atoms with Crippen LogP contribution in [0.5, 0.6) is 0 Å². The fourth-order valence-corrected chi connectivity index (χ4v) is 3.65. The van der Waals surface area contributed by atoms with Gasteiger partial charge in [-0.25, -0.2) is 0 Å². The van der Waals surface area contributed by atoms with Crippen molar-refractivity contribution >= 4 is 20.3 Å². The average molecular weight is 409 g/mol. The molecule has 0 unspecified atom stereocenters. The number of hydrogen-bond donors (Lipinski definition) is 0. The Morgan fingerprint density at radius 2 is 1.46 bits per heavy atom. The maximum atomic E-state index is 12.4. The number of ether oxygens (including phenoxy) is 2. The molecule has 0 N–H and O–H groups in total. The second-order valence-corrected chi connectivity index (χ2v) is 14.4. The second-order valence-electron chi connectivity index (χ2n) is 9.64. The molecule has 0 saturated carbocycles. The number of esters is 2. The first kappa shape index (κ1) is 24.4. The van der Waals surface area contributed by atoms with Crippen molar-refractivity contribution in [2.75, 3.05) is 0 Å². The van der Waals surface area contributed by atoms with Gasteiger partial charge < -0.3 is 13.9 Å². The van der Waals surface area contributed by atoms with E-state index >= 15 is 0 Å². The van der Waals surface area contributed by atoms with Gasteiger partial charge in [-0.3, -0.25) is 9.59 Å². The second kappa shape index (κ2) is 9.70. The van der Waals surface area contributed by atoms with Crippen molar-refractivity contribution in [2.24, 2.45) is 0 Å². The lowest BCUT2D eigenvalue weighted by molar-refractivity contribution is -0.157. The van der Waals surface area contributed by atoms with Gasteiger partial charge in [0, 0.05) is 0 Å². The van der Waals surface area contributed by atoms with Crippen molar-refractivity contribution in [3.8, 4) is 0 Å². The number of carbonyl (C=O) groups is 2. The van der Waals surface area contributed by atoms with E-state index in [-0.39, 0.29) is 36.4 Å². The highest BCUT2D eigenvalue weighted by atomic mass is 28.4. The highest BCUT2D eigenvalue weighted by Crippen LogP contribution is 2.38. The van der Waals surface area contributed by atoms with Crippen LogP contribution in [0.15, 0.2) is 30.3 Å². The van der Waals surface area contributed by atoms with Gasteiger partial charge in [0.2, 0.25) is 0 Å². The third kappa shape index (κ3) is 9.02. The Balaban J connectivity index is 2.78. The van der Waals surface area contributed by atoms with Crippen molar-refractivity contribution in [3.05, 3.63) is 35.9 Å². The van der Waals surface area contributed by atoms with Crippen molar-refractivity contribution in [2.45, 2.75) is 90.8 Å². The standard InChI is InChI=1S/C22H36O5Si/c1-21(2,3)26-20(24)15-18(27-28(7,8)22(4,5)6)14-19(23)25-16-17-12-10-9-11-13-17/h9-13,18H,14-16H2,1-8H3/t18-/m0/s1. The molecule has 0 aliphatic rings. The van der Waals surface area contributed by atoms with Gasteiger partial charge in [-0.1, -0.05) is 51.1 Å². The largest absolute Gasteiger partial charge is 0.461 e. The Morgan fingerprint density at radius 1 is 0.929 bits per heavy atom. The summed E-state index contributed by atoms with van der Waals surface area (Å²) in [4.78, 5) is 24.7. The summed E-state index contributed by atoms with van der Waals surface area (Å²) in [6, 6.07) is 9.51. The van der Waals surface area contributed by atoms with Crippen LogP contribution < -0.4 is 0 Å². The summed E-state index contributed by atoms with van der Waals surface area (Å²) in [5.41, 5.74) is 0.344. The van der Waals surface area contributed by atoms with E-state index in [0.717, 1.165) is 5.56 Å². The van der Waals surface area contributed by atoms with Gasteiger partial charge in [-0.05, 0) is 44.5 Å². The monoisotopic (exact) mass is 408 g/mol. The summed E-state index contributed by atoms with van der Waals surface area (Å²) < 4.78 is 17.2. The van der Waals surface area contributed by atoms with Gasteiger partial charge >= 0.3 is 11.9 Å². The van der Waals surface area contributed by atoms with E-state index in [1.54, 1.807) is 0 Å². The molecule has 158 valence electrons. The molecule has 0 aromatic heterocycles. The molecule has 1 rings (SSSR count). The Labute approximate surface area is 170 Å². The lowest BCUT2D eigenvalue weighted by Gasteiger charge is -2.39. The number of benzene rings is 1. The minimum Gasteiger partial charge on any atom is -0.461 e. The van der Waals surface area contributed by atoms with E-state index in [1.807, 2.05) is 51.1 Å². The van der Waals surface area contributed by atoms with Crippen molar-refractivity contribution < 1.29 is 23.5 Å². The first-order chi connectivity index (χ1) is 12.7. The summed E-state index contributed by atoms with van der Waals surface area (Å²) in [5, 5.41) is -0.0346. The SMILES string of the molecule is CC(C)(C)OC(=O)C[C@H](CC(=O)OCc1ccccc1)O[Si](C)(C)C(C)(C)C. The third-order valence-electron chi connectivity index (χ3n) is 4.72. The van der Waals surface area contributed by atoms with Crippen LogP contribution in [0.3, 0.4) is 0 Å². The van der Waals surface area contributed by atoms with Gasteiger partial charge in [-0.2, -0.15) is 0 Å². The lowest BCUT2D eigenvalue weighted by Crippen LogP contribution is -2.45. The quantitative estimate of drug-likeness (QED) is 0.435. The van der Waals surface area contributed by atoms with Crippen molar-refractivity contribution in [1.29, 1.82) is 0 Å². The summed E-state index contributed by atoms with van der Waals surface area (Å²) in [6.45, 7) is 16.2. The summed E-state index contributed by atoms with van der Waals surface area (Å²) in [5.74, 6) is -0.747. The molecule has 0 fully saturated rings. The topological polar surface area (TPSA) is 61.8 Å².